The second-order valence-corrected chi connectivity index (χ2v) is 6.94. The second-order valence-electron chi connectivity index (χ2n) is 6.51. The minimum atomic E-state index is -0.514. The molecule has 6 nitrogen and oxygen atoms in total. The summed E-state index contributed by atoms with van der Waals surface area (Å²) in [6.07, 6.45) is 4.78. The van der Waals surface area contributed by atoms with Gasteiger partial charge in [-0.2, -0.15) is 0 Å². The molecule has 1 N–H and O–H groups in total. The number of aromatic nitrogens is 2. The molecule has 1 atom stereocenters. The molecule has 2 aromatic carbocycles. The predicted molar refractivity (Wildman–Crippen MR) is 104 cm³/mol. The van der Waals surface area contributed by atoms with Gasteiger partial charge < -0.3 is 14.8 Å². The van der Waals surface area contributed by atoms with Crippen LogP contribution >= 0.6 is 11.6 Å². The lowest BCUT2D eigenvalue weighted by molar-refractivity contribution is -0.122. The molecule has 1 aromatic heterocycles. The van der Waals surface area contributed by atoms with Gasteiger partial charge in [0.25, 0.3) is 0 Å². The number of rotatable bonds is 4. The molecular weight excluding hydrogens is 383 g/mol. The van der Waals surface area contributed by atoms with Crippen molar-refractivity contribution in [3.05, 3.63) is 72.0 Å². The van der Waals surface area contributed by atoms with Crippen molar-refractivity contribution in [1.82, 2.24) is 9.55 Å². The van der Waals surface area contributed by atoms with E-state index in [4.69, 9.17) is 11.6 Å². The highest BCUT2D eigenvalue weighted by Gasteiger charge is 2.35. The van der Waals surface area contributed by atoms with Crippen molar-refractivity contribution in [2.75, 3.05) is 16.8 Å². The van der Waals surface area contributed by atoms with Gasteiger partial charge in [0.15, 0.2) is 0 Å². The number of nitrogens with one attached hydrogen (secondary N) is 1. The minimum absolute atomic E-state index is 0.101. The van der Waals surface area contributed by atoms with Crippen LogP contribution < -0.4 is 10.2 Å². The summed E-state index contributed by atoms with van der Waals surface area (Å²) in [4.78, 5) is 30.3. The zero-order valence-electron chi connectivity index (χ0n) is 14.7. The van der Waals surface area contributed by atoms with Gasteiger partial charge in [-0.15, -0.1) is 0 Å². The molecule has 2 amide bonds. The van der Waals surface area contributed by atoms with Crippen LogP contribution in [0.25, 0.3) is 5.69 Å². The Morgan fingerprint density at radius 2 is 2.00 bits per heavy atom. The maximum atomic E-state index is 14.3. The number of amides is 2. The molecule has 0 bridgehead atoms. The predicted octanol–water partition coefficient (Wildman–Crippen LogP) is 3.66. The lowest BCUT2D eigenvalue weighted by Gasteiger charge is -2.17. The fourth-order valence-corrected chi connectivity index (χ4v) is 3.32. The highest BCUT2D eigenvalue weighted by Crippen LogP contribution is 2.27. The van der Waals surface area contributed by atoms with E-state index in [0.29, 0.717) is 22.1 Å². The van der Waals surface area contributed by atoms with Crippen molar-refractivity contribution >= 4 is 34.8 Å². The van der Waals surface area contributed by atoms with E-state index >= 15 is 0 Å². The molecule has 1 aliphatic rings. The Hall–Kier alpha value is -3.19. The van der Waals surface area contributed by atoms with E-state index in [2.05, 4.69) is 10.3 Å². The van der Waals surface area contributed by atoms with Gasteiger partial charge in [-0.1, -0.05) is 11.6 Å². The molecule has 1 aliphatic heterocycles. The largest absolute Gasteiger partial charge is 0.326 e. The third-order valence-corrected chi connectivity index (χ3v) is 4.88. The molecule has 3 aromatic rings. The SMILES string of the molecule is O=C(Nc1ccc(-n2ccnc2)c(F)c1)C1CC(=O)N(c2ccc(Cl)cc2)C1. The molecule has 142 valence electrons. The highest BCUT2D eigenvalue weighted by molar-refractivity contribution is 6.30. The summed E-state index contributed by atoms with van der Waals surface area (Å²) in [7, 11) is 0. The summed E-state index contributed by atoms with van der Waals surface area (Å²) in [5.74, 6) is -1.45. The number of imidazole rings is 1. The molecule has 8 heteroatoms. The number of carbonyl (C=O) groups is 2. The summed E-state index contributed by atoms with van der Waals surface area (Å²) >= 11 is 5.88. The number of anilines is 2. The van der Waals surface area contributed by atoms with E-state index in [-0.39, 0.29) is 24.8 Å². The Morgan fingerprint density at radius 1 is 1.21 bits per heavy atom. The van der Waals surface area contributed by atoms with Crippen molar-refractivity contribution in [3.8, 4) is 5.69 Å². The first-order valence-corrected chi connectivity index (χ1v) is 9.04. The van der Waals surface area contributed by atoms with Crippen LogP contribution in [0.2, 0.25) is 5.02 Å². The standard InChI is InChI=1S/C20H16ClFN4O2/c21-14-1-4-16(5-2-14)26-11-13(9-19(26)27)20(28)24-15-3-6-18(17(22)10-15)25-8-7-23-12-25/h1-8,10,12-13H,9,11H2,(H,24,28). The third kappa shape index (κ3) is 3.61. The molecular formula is C20H16ClFN4O2. The van der Waals surface area contributed by atoms with E-state index < -0.39 is 11.7 Å². The lowest BCUT2D eigenvalue weighted by Crippen LogP contribution is -2.28. The quantitative estimate of drug-likeness (QED) is 0.729. The third-order valence-electron chi connectivity index (χ3n) is 4.63. The van der Waals surface area contributed by atoms with Gasteiger partial charge in [0, 0.05) is 41.8 Å². The minimum Gasteiger partial charge on any atom is -0.326 e. The van der Waals surface area contributed by atoms with Gasteiger partial charge in [-0.3, -0.25) is 9.59 Å². The summed E-state index contributed by atoms with van der Waals surface area (Å²) in [6.45, 7) is 0.266. The summed E-state index contributed by atoms with van der Waals surface area (Å²) in [6, 6.07) is 11.3. The van der Waals surface area contributed by atoms with Crippen LogP contribution in [0.3, 0.4) is 0 Å². The number of nitrogens with zero attached hydrogens (tertiary/aromatic N) is 3. The number of carbonyl (C=O) groups excluding carboxylic acids is 2. The van der Waals surface area contributed by atoms with Gasteiger partial charge in [0.1, 0.15) is 5.82 Å². The molecule has 0 radical (unpaired) electrons. The molecule has 4 rings (SSSR count). The Labute approximate surface area is 165 Å². The van der Waals surface area contributed by atoms with Crippen LogP contribution in [-0.2, 0) is 9.59 Å². The Bertz CT molecular complexity index is 1020. The molecule has 0 saturated carbocycles. The van der Waals surface area contributed by atoms with Gasteiger partial charge in [0.2, 0.25) is 11.8 Å². The molecule has 1 saturated heterocycles. The van der Waals surface area contributed by atoms with Crippen LogP contribution in [0.1, 0.15) is 6.42 Å². The number of halogens is 2. The highest BCUT2D eigenvalue weighted by atomic mass is 35.5. The van der Waals surface area contributed by atoms with Crippen molar-refractivity contribution in [2.45, 2.75) is 6.42 Å². The van der Waals surface area contributed by atoms with Gasteiger partial charge in [-0.05, 0) is 42.5 Å². The maximum Gasteiger partial charge on any atom is 0.229 e. The normalized spacial score (nSPS) is 16.4. The smallest absolute Gasteiger partial charge is 0.229 e. The first-order chi connectivity index (χ1) is 13.5. The second kappa shape index (κ2) is 7.44. The van der Waals surface area contributed by atoms with E-state index in [9.17, 15) is 14.0 Å². The lowest BCUT2D eigenvalue weighted by atomic mass is 10.1. The Kier molecular flexibility index (Phi) is 4.83. The molecule has 0 aliphatic carbocycles. The van der Waals surface area contributed by atoms with Crippen molar-refractivity contribution in [3.63, 3.8) is 0 Å². The molecule has 0 spiro atoms. The van der Waals surface area contributed by atoms with Crippen LogP contribution in [0, 0.1) is 11.7 Å². The Balaban J connectivity index is 1.45. The zero-order valence-corrected chi connectivity index (χ0v) is 15.4. The van der Waals surface area contributed by atoms with Gasteiger partial charge >= 0.3 is 0 Å². The van der Waals surface area contributed by atoms with E-state index in [0.717, 1.165) is 0 Å². The van der Waals surface area contributed by atoms with Crippen molar-refractivity contribution < 1.29 is 14.0 Å². The molecule has 28 heavy (non-hydrogen) atoms. The topological polar surface area (TPSA) is 67.2 Å². The average molecular weight is 399 g/mol. The first-order valence-electron chi connectivity index (χ1n) is 8.66. The van der Waals surface area contributed by atoms with Crippen LogP contribution in [-0.4, -0.2) is 27.9 Å². The summed E-state index contributed by atoms with van der Waals surface area (Å²) in [5.41, 5.74) is 1.37. The van der Waals surface area contributed by atoms with E-state index in [1.54, 1.807) is 58.3 Å². The molecule has 1 unspecified atom stereocenters. The van der Waals surface area contributed by atoms with Crippen LogP contribution in [0.15, 0.2) is 61.2 Å². The van der Waals surface area contributed by atoms with Gasteiger partial charge in [0.05, 0.1) is 17.9 Å². The fraction of sp³-hybridized carbons (Fsp3) is 0.150. The number of hydrogen-bond acceptors (Lipinski definition) is 3. The Morgan fingerprint density at radius 3 is 2.68 bits per heavy atom. The van der Waals surface area contributed by atoms with Crippen molar-refractivity contribution in [1.29, 1.82) is 0 Å². The zero-order chi connectivity index (χ0) is 19.7. The summed E-state index contributed by atoms with van der Waals surface area (Å²) < 4.78 is 15.9. The monoisotopic (exact) mass is 398 g/mol. The fourth-order valence-electron chi connectivity index (χ4n) is 3.19. The van der Waals surface area contributed by atoms with Crippen molar-refractivity contribution in [2.24, 2.45) is 5.92 Å². The maximum absolute atomic E-state index is 14.3. The number of benzene rings is 2. The molecule has 2 heterocycles. The molecule has 1 fully saturated rings. The first kappa shape index (κ1) is 18.2. The average Bonchev–Trinajstić information content (AvgIpc) is 3.33. The van der Waals surface area contributed by atoms with Crippen LogP contribution in [0.4, 0.5) is 15.8 Å². The van der Waals surface area contributed by atoms with Gasteiger partial charge in [-0.25, -0.2) is 9.37 Å². The summed E-state index contributed by atoms with van der Waals surface area (Å²) in [5, 5.41) is 3.27. The van der Waals surface area contributed by atoms with E-state index in [1.165, 1.54) is 12.4 Å². The van der Waals surface area contributed by atoms with E-state index in [1.807, 2.05) is 0 Å². The van der Waals surface area contributed by atoms with Crippen LogP contribution in [0.5, 0.6) is 0 Å². The number of hydrogen-bond donors (Lipinski definition) is 1.